The van der Waals surface area contributed by atoms with Gasteiger partial charge in [-0.3, -0.25) is 0 Å². The summed E-state index contributed by atoms with van der Waals surface area (Å²) >= 11 is 0. The Balaban J connectivity index is 2.63. The quantitative estimate of drug-likeness (QED) is 0.621. The van der Waals surface area contributed by atoms with E-state index in [2.05, 4.69) is 11.8 Å². The molecule has 1 aromatic rings. The molecule has 12 heavy (non-hydrogen) atoms. The van der Waals surface area contributed by atoms with Gasteiger partial charge in [0.15, 0.2) is 0 Å². The lowest BCUT2D eigenvalue weighted by atomic mass is 10.1. The SMILES string of the molecule is NCC#CCc1cccc(F)c1. The molecule has 1 aromatic carbocycles. The summed E-state index contributed by atoms with van der Waals surface area (Å²) in [6.07, 6.45) is 0.564. The molecule has 1 rings (SSSR count). The van der Waals surface area contributed by atoms with Gasteiger partial charge in [-0.25, -0.2) is 4.39 Å². The smallest absolute Gasteiger partial charge is 0.123 e. The van der Waals surface area contributed by atoms with Gasteiger partial charge in [0.05, 0.1) is 6.54 Å². The summed E-state index contributed by atoms with van der Waals surface area (Å²) in [5, 5.41) is 0. The van der Waals surface area contributed by atoms with Crippen LogP contribution < -0.4 is 5.73 Å². The van der Waals surface area contributed by atoms with E-state index in [-0.39, 0.29) is 5.82 Å². The Kier molecular flexibility index (Phi) is 3.31. The predicted molar refractivity (Wildman–Crippen MR) is 46.9 cm³/mol. The summed E-state index contributed by atoms with van der Waals surface area (Å²) in [4.78, 5) is 0. The topological polar surface area (TPSA) is 26.0 Å². The van der Waals surface area contributed by atoms with E-state index >= 15 is 0 Å². The van der Waals surface area contributed by atoms with Crippen LogP contribution in [0.3, 0.4) is 0 Å². The van der Waals surface area contributed by atoms with Crippen LogP contribution in [0.5, 0.6) is 0 Å². The lowest BCUT2D eigenvalue weighted by molar-refractivity contribution is 0.626. The molecule has 0 heterocycles. The van der Waals surface area contributed by atoms with Gasteiger partial charge in [-0.05, 0) is 17.7 Å². The Bertz CT molecular complexity index is 309. The van der Waals surface area contributed by atoms with E-state index in [0.29, 0.717) is 13.0 Å². The van der Waals surface area contributed by atoms with Crippen molar-refractivity contribution in [2.75, 3.05) is 6.54 Å². The zero-order valence-corrected chi connectivity index (χ0v) is 6.68. The van der Waals surface area contributed by atoms with Crippen molar-refractivity contribution < 1.29 is 4.39 Å². The molecule has 0 aliphatic rings. The Morgan fingerprint density at radius 3 is 2.83 bits per heavy atom. The summed E-state index contributed by atoms with van der Waals surface area (Å²) in [5.74, 6) is 5.34. The molecule has 0 spiro atoms. The highest BCUT2D eigenvalue weighted by Gasteiger charge is 1.91. The molecule has 2 N–H and O–H groups in total. The molecule has 0 radical (unpaired) electrons. The largest absolute Gasteiger partial charge is 0.320 e. The van der Waals surface area contributed by atoms with Crippen LogP contribution >= 0.6 is 0 Å². The van der Waals surface area contributed by atoms with Crippen molar-refractivity contribution in [1.82, 2.24) is 0 Å². The molecule has 1 nitrogen and oxygen atoms in total. The molecule has 0 atom stereocenters. The third kappa shape index (κ3) is 2.73. The van der Waals surface area contributed by atoms with Crippen LogP contribution in [0.1, 0.15) is 5.56 Å². The van der Waals surface area contributed by atoms with Crippen LogP contribution in [0.15, 0.2) is 24.3 Å². The number of hydrogen-bond donors (Lipinski definition) is 1. The fourth-order valence-electron chi connectivity index (χ4n) is 0.884. The molecule has 0 aliphatic carbocycles. The van der Waals surface area contributed by atoms with Gasteiger partial charge in [-0.2, -0.15) is 0 Å². The van der Waals surface area contributed by atoms with E-state index in [9.17, 15) is 4.39 Å². The van der Waals surface area contributed by atoms with Gasteiger partial charge in [-0.15, -0.1) is 0 Å². The molecule has 0 fully saturated rings. The molecule has 0 saturated carbocycles. The second-order valence-corrected chi connectivity index (χ2v) is 2.36. The highest BCUT2D eigenvalue weighted by Crippen LogP contribution is 2.02. The highest BCUT2D eigenvalue weighted by atomic mass is 19.1. The van der Waals surface area contributed by atoms with Gasteiger partial charge >= 0.3 is 0 Å². The van der Waals surface area contributed by atoms with E-state index in [1.165, 1.54) is 12.1 Å². The number of rotatable bonds is 1. The van der Waals surface area contributed by atoms with Gasteiger partial charge in [0.1, 0.15) is 5.82 Å². The van der Waals surface area contributed by atoms with Crippen LogP contribution in [-0.4, -0.2) is 6.54 Å². The summed E-state index contributed by atoms with van der Waals surface area (Å²) in [6.45, 7) is 0.356. The first-order chi connectivity index (χ1) is 5.83. The van der Waals surface area contributed by atoms with Gasteiger partial charge in [0.2, 0.25) is 0 Å². The molecule has 2 heteroatoms. The molecule has 0 aliphatic heterocycles. The average Bonchev–Trinajstić information content (AvgIpc) is 2.05. The molecule has 0 unspecified atom stereocenters. The first-order valence-corrected chi connectivity index (χ1v) is 3.73. The second-order valence-electron chi connectivity index (χ2n) is 2.36. The zero-order chi connectivity index (χ0) is 8.81. The van der Waals surface area contributed by atoms with Crippen LogP contribution in [0.25, 0.3) is 0 Å². The van der Waals surface area contributed by atoms with Crippen molar-refractivity contribution in [1.29, 1.82) is 0 Å². The van der Waals surface area contributed by atoms with Crippen molar-refractivity contribution in [3.8, 4) is 11.8 Å². The van der Waals surface area contributed by atoms with Crippen molar-refractivity contribution in [3.63, 3.8) is 0 Å². The van der Waals surface area contributed by atoms with Gasteiger partial charge < -0.3 is 5.73 Å². The number of benzene rings is 1. The van der Waals surface area contributed by atoms with E-state index in [0.717, 1.165) is 5.56 Å². The van der Waals surface area contributed by atoms with E-state index in [4.69, 9.17) is 5.73 Å². The fraction of sp³-hybridized carbons (Fsp3) is 0.200. The second kappa shape index (κ2) is 4.53. The Labute approximate surface area is 71.4 Å². The highest BCUT2D eigenvalue weighted by molar-refractivity contribution is 5.21. The fourth-order valence-corrected chi connectivity index (χ4v) is 0.884. The average molecular weight is 163 g/mol. The maximum atomic E-state index is 12.6. The normalized spacial score (nSPS) is 8.83. The summed E-state index contributed by atoms with van der Waals surface area (Å²) in [5.41, 5.74) is 6.06. The minimum Gasteiger partial charge on any atom is -0.320 e. The molecule has 0 amide bonds. The number of halogens is 1. The molecule has 0 saturated heterocycles. The Morgan fingerprint density at radius 2 is 2.17 bits per heavy atom. The number of nitrogens with two attached hydrogens (primary N) is 1. The minimum atomic E-state index is -0.220. The van der Waals surface area contributed by atoms with Gasteiger partial charge in [0, 0.05) is 6.42 Å². The lowest BCUT2D eigenvalue weighted by Gasteiger charge is -1.93. The van der Waals surface area contributed by atoms with E-state index in [1.807, 2.05) is 6.07 Å². The van der Waals surface area contributed by atoms with E-state index in [1.54, 1.807) is 6.07 Å². The van der Waals surface area contributed by atoms with E-state index < -0.39 is 0 Å². The van der Waals surface area contributed by atoms with Gasteiger partial charge in [0.25, 0.3) is 0 Å². The first kappa shape index (κ1) is 8.76. The van der Waals surface area contributed by atoms with Crippen LogP contribution in [0.2, 0.25) is 0 Å². The van der Waals surface area contributed by atoms with Crippen LogP contribution in [0, 0.1) is 17.7 Å². The van der Waals surface area contributed by atoms with Crippen LogP contribution in [-0.2, 0) is 6.42 Å². The molecular weight excluding hydrogens is 153 g/mol. The minimum absolute atomic E-state index is 0.220. The zero-order valence-electron chi connectivity index (χ0n) is 6.68. The standard InChI is InChI=1S/C10H10FN/c11-10-6-3-5-9(8-10)4-1-2-7-12/h3,5-6,8H,4,7,12H2. The third-order valence-corrected chi connectivity index (χ3v) is 1.41. The van der Waals surface area contributed by atoms with Crippen LogP contribution in [0.4, 0.5) is 4.39 Å². The van der Waals surface area contributed by atoms with Crippen molar-refractivity contribution in [2.24, 2.45) is 5.73 Å². The maximum Gasteiger partial charge on any atom is 0.123 e. The maximum absolute atomic E-state index is 12.6. The number of hydrogen-bond acceptors (Lipinski definition) is 1. The summed E-state index contributed by atoms with van der Waals surface area (Å²) in [6, 6.07) is 6.41. The Morgan fingerprint density at radius 1 is 1.33 bits per heavy atom. The predicted octanol–water partition coefficient (Wildman–Crippen LogP) is 1.33. The molecule has 0 aromatic heterocycles. The summed E-state index contributed by atoms with van der Waals surface area (Å²) in [7, 11) is 0. The monoisotopic (exact) mass is 163 g/mol. The summed E-state index contributed by atoms with van der Waals surface area (Å²) < 4.78 is 12.6. The van der Waals surface area contributed by atoms with Gasteiger partial charge in [-0.1, -0.05) is 24.0 Å². The van der Waals surface area contributed by atoms with Crippen molar-refractivity contribution >= 4 is 0 Å². The molecule has 62 valence electrons. The molecule has 0 bridgehead atoms. The van der Waals surface area contributed by atoms with Crippen molar-refractivity contribution in [2.45, 2.75) is 6.42 Å². The van der Waals surface area contributed by atoms with Crippen molar-refractivity contribution in [3.05, 3.63) is 35.6 Å². The first-order valence-electron chi connectivity index (χ1n) is 3.73. The molecular formula is C10H10FN. The third-order valence-electron chi connectivity index (χ3n) is 1.41. The lowest BCUT2D eigenvalue weighted by Crippen LogP contribution is -1.93. The Hall–Kier alpha value is -1.33.